The van der Waals surface area contributed by atoms with Gasteiger partial charge in [-0.05, 0) is 38.8 Å². The second kappa shape index (κ2) is 9.58. The molecule has 152 valence electrons. The molecule has 0 bridgehead atoms. The topological polar surface area (TPSA) is 137 Å². The highest BCUT2D eigenvalue weighted by Gasteiger charge is 2.35. The summed E-state index contributed by atoms with van der Waals surface area (Å²) in [5, 5.41) is 11.7. The third kappa shape index (κ3) is 5.12. The zero-order valence-electron chi connectivity index (χ0n) is 15.7. The summed E-state index contributed by atoms with van der Waals surface area (Å²) in [7, 11) is 0. The molecule has 1 aliphatic rings. The Kier molecular flexibility index (Phi) is 7.19. The molecule has 0 spiro atoms. The highest BCUT2D eigenvalue weighted by atomic mass is 16.5. The molecule has 2 unspecified atom stereocenters. The molecule has 0 aliphatic carbocycles. The van der Waals surface area contributed by atoms with Crippen LogP contribution >= 0.6 is 0 Å². The van der Waals surface area contributed by atoms with E-state index < -0.39 is 36.0 Å². The third-order valence-electron chi connectivity index (χ3n) is 4.27. The van der Waals surface area contributed by atoms with Crippen molar-refractivity contribution in [3.8, 4) is 0 Å². The molecule has 0 saturated carbocycles. The number of urea groups is 1. The summed E-state index contributed by atoms with van der Waals surface area (Å²) in [5.41, 5.74) is 5.28. The van der Waals surface area contributed by atoms with Gasteiger partial charge in [0.2, 0.25) is 0 Å². The number of anilines is 1. The normalized spacial score (nSPS) is 16.8. The molecule has 10 heteroatoms. The van der Waals surface area contributed by atoms with Crippen molar-refractivity contribution in [3.05, 3.63) is 29.8 Å². The van der Waals surface area contributed by atoms with Crippen molar-refractivity contribution in [2.75, 3.05) is 18.6 Å². The number of amides is 3. The number of para-hydroxylation sites is 1. The number of carbonyl (C=O) groups is 4. The molecule has 28 heavy (non-hydrogen) atoms. The van der Waals surface area contributed by atoms with E-state index in [0.29, 0.717) is 19.4 Å². The van der Waals surface area contributed by atoms with Gasteiger partial charge in [0, 0.05) is 6.54 Å². The zero-order valence-corrected chi connectivity index (χ0v) is 15.7. The molecule has 0 radical (unpaired) electrons. The second-order valence-electron chi connectivity index (χ2n) is 6.24. The summed E-state index contributed by atoms with van der Waals surface area (Å²) in [5.74, 6) is -2.16. The molecule has 4 N–H and O–H groups in total. The van der Waals surface area contributed by atoms with Crippen molar-refractivity contribution in [2.24, 2.45) is 0 Å². The number of aromatic carboxylic acids is 1. The lowest BCUT2D eigenvalue weighted by Gasteiger charge is -2.26. The SMILES string of the molecule is CCOC(=O)C(C)NC(=O)N1CCCC1C(=O)NNc1ccccc1C(=O)O. The Morgan fingerprint density at radius 2 is 2.00 bits per heavy atom. The molecule has 1 saturated heterocycles. The molecule has 1 aromatic carbocycles. The fourth-order valence-electron chi connectivity index (χ4n) is 2.87. The Labute approximate surface area is 162 Å². The van der Waals surface area contributed by atoms with E-state index in [9.17, 15) is 24.3 Å². The maximum Gasteiger partial charge on any atom is 0.337 e. The fraction of sp³-hybridized carbons (Fsp3) is 0.444. The monoisotopic (exact) mass is 392 g/mol. The number of likely N-dealkylation sites (tertiary alicyclic amines) is 1. The minimum absolute atomic E-state index is 0.00656. The van der Waals surface area contributed by atoms with Gasteiger partial charge in [-0.15, -0.1) is 0 Å². The first-order valence-electron chi connectivity index (χ1n) is 8.97. The number of hydrazine groups is 1. The molecule has 1 aromatic rings. The summed E-state index contributed by atoms with van der Waals surface area (Å²) < 4.78 is 4.85. The van der Waals surface area contributed by atoms with Gasteiger partial charge in [-0.1, -0.05) is 12.1 Å². The third-order valence-corrected chi connectivity index (χ3v) is 4.27. The van der Waals surface area contributed by atoms with Crippen LogP contribution in [0.3, 0.4) is 0 Å². The predicted molar refractivity (Wildman–Crippen MR) is 99.5 cm³/mol. The van der Waals surface area contributed by atoms with E-state index in [0.717, 1.165) is 0 Å². The number of nitrogens with one attached hydrogen (secondary N) is 3. The van der Waals surface area contributed by atoms with Crippen molar-refractivity contribution >= 4 is 29.6 Å². The molecule has 3 amide bonds. The standard InChI is InChI=1S/C18H24N4O6/c1-3-28-17(26)11(2)19-18(27)22-10-6-9-14(22)15(23)21-20-13-8-5-4-7-12(13)16(24)25/h4-5,7-8,11,14,20H,3,6,9-10H2,1-2H3,(H,19,27)(H,21,23)(H,24,25). The first kappa shape index (κ1) is 21.0. The Bertz CT molecular complexity index is 753. The van der Waals surface area contributed by atoms with Crippen LogP contribution < -0.4 is 16.2 Å². The number of esters is 1. The van der Waals surface area contributed by atoms with Crippen molar-refractivity contribution in [2.45, 2.75) is 38.8 Å². The number of rotatable bonds is 7. The summed E-state index contributed by atoms with van der Waals surface area (Å²) >= 11 is 0. The van der Waals surface area contributed by atoms with Crippen LogP contribution in [-0.2, 0) is 14.3 Å². The molecule has 10 nitrogen and oxygen atoms in total. The number of carbonyl (C=O) groups excluding carboxylic acids is 3. The Hall–Kier alpha value is -3.30. The number of nitrogens with zero attached hydrogens (tertiary/aromatic N) is 1. The summed E-state index contributed by atoms with van der Waals surface area (Å²) in [6.07, 6.45) is 1.08. The van der Waals surface area contributed by atoms with Crippen molar-refractivity contribution in [1.29, 1.82) is 0 Å². The van der Waals surface area contributed by atoms with Crippen LogP contribution in [0.25, 0.3) is 0 Å². The summed E-state index contributed by atoms with van der Waals surface area (Å²) in [6, 6.07) is 4.02. The van der Waals surface area contributed by atoms with Gasteiger partial charge < -0.3 is 20.1 Å². The van der Waals surface area contributed by atoms with Crippen molar-refractivity contribution < 1.29 is 29.0 Å². The molecule has 0 aromatic heterocycles. The van der Waals surface area contributed by atoms with Crippen LogP contribution in [0.2, 0.25) is 0 Å². The lowest BCUT2D eigenvalue weighted by Crippen LogP contribution is -2.53. The quantitative estimate of drug-likeness (QED) is 0.400. The maximum absolute atomic E-state index is 12.5. The van der Waals surface area contributed by atoms with E-state index in [4.69, 9.17) is 4.74 Å². The van der Waals surface area contributed by atoms with Crippen LogP contribution in [0.1, 0.15) is 37.0 Å². The zero-order chi connectivity index (χ0) is 20.7. The number of carboxylic acids is 1. The Morgan fingerprint density at radius 1 is 1.29 bits per heavy atom. The van der Waals surface area contributed by atoms with Gasteiger partial charge >= 0.3 is 18.0 Å². The average molecular weight is 392 g/mol. The Morgan fingerprint density at radius 3 is 2.68 bits per heavy atom. The van der Waals surface area contributed by atoms with Crippen LogP contribution in [0.5, 0.6) is 0 Å². The number of ether oxygens (including phenoxy) is 1. The van der Waals surface area contributed by atoms with E-state index in [2.05, 4.69) is 16.2 Å². The minimum Gasteiger partial charge on any atom is -0.478 e. The molecule has 2 atom stereocenters. The molecule has 2 rings (SSSR count). The van der Waals surface area contributed by atoms with Gasteiger partial charge in [-0.25, -0.2) is 14.4 Å². The van der Waals surface area contributed by atoms with Crippen molar-refractivity contribution in [1.82, 2.24) is 15.6 Å². The first-order valence-corrected chi connectivity index (χ1v) is 8.97. The van der Waals surface area contributed by atoms with Gasteiger partial charge in [-0.2, -0.15) is 0 Å². The van der Waals surface area contributed by atoms with E-state index in [1.807, 2.05) is 0 Å². The average Bonchev–Trinajstić information content (AvgIpc) is 3.16. The van der Waals surface area contributed by atoms with E-state index in [1.165, 1.54) is 24.0 Å². The van der Waals surface area contributed by atoms with E-state index in [-0.39, 0.29) is 17.9 Å². The van der Waals surface area contributed by atoms with Crippen LogP contribution in [-0.4, -0.2) is 59.1 Å². The highest BCUT2D eigenvalue weighted by molar-refractivity contribution is 5.95. The lowest BCUT2D eigenvalue weighted by atomic mass is 10.2. The lowest BCUT2D eigenvalue weighted by molar-refractivity contribution is -0.144. The number of carboxylic acid groups (broad SMARTS) is 1. The minimum atomic E-state index is -1.13. The number of hydrogen-bond donors (Lipinski definition) is 4. The number of hydrogen-bond acceptors (Lipinski definition) is 6. The van der Waals surface area contributed by atoms with Gasteiger partial charge in [0.25, 0.3) is 5.91 Å². The smallest absolute Gasteiger partial charge is 0.337 e. The van der Waals surface area contributed by atoms with Crippen molar-refractivity contribution in [3.63, 3.8) is 0 Å². The molecule has 1 aliphatic heterocycles. The van der Waals surface area contributed by atoms with Crippen LogP contribution in [0, 0.1) is 0 Å². The Balaban J connectivity index is 1.96. The molecule has 1 heterocycles. The fourth-order valence-corrected chi connectivity index (χ4v) is 2.87. The van der Waals surface area contributed by atoms with Crippen LogP contribution in [0.4, 0.5) is 10.5 Å². The largest absolute Gasteiger partial charge is 0.478 e. The predicted octanol–water partition coefficient (Wildman–Crippen LogP) is 0.954. The molecule has 1 fully saturated rings. The summed E-state index contributed by atoms with van der Waals surface area (Å²) in [4.78, 5) is 49.2. The van der Waals surface area contributed by atoms with Gasteiger partial charge in [0.15, 0.2) is 0 Å². The molecular formula is C18H24N4O6. The molecular weight excluding hydrogens is 368 g/mol. The highest BCUT2D eigenvalue weighted by Crippen LogP contribution is 2.18. The van der Waals surface area contributed by atoms with E-state index in [1.54, 1.807) is 19.1 Å². The summed E-state index contributed by atoms with van der Waals surface area (Å²) in [6.45, 7) is 3.75. The van der Waals surface area contributed by atoms with Gasteiger partial charge in [-0.3, -0.25) is 15.6 Å². The second-order valence-corrected chi connectivity index (χ2v) is 6.24. The van der Waals surface area contributed by atoms with Gasteiger partial charge in [0.1, 0.15) is 12.1 Å². The maximum atomic E-state index is 12.5. The van der Waals surface area contributed by atoms with E-state index >= 15 is 0 Å². The van der Waals surface area contributed by atoms with Crippen LogP contribution in [0.15, 0.2) is 24.3 Å². The van der Waals surface area contributed by atoms with Gasteiger partial charge in [0.05, 0.1) is 17.9 Å². The number of benzene rings is 1. The first-order chi connectivity index (χ1) is 13.3.